The third-order valence-corrected chi connectivity index (χ3v) is 6.84. The first kappa shape index (κ1) is 21.7. The molecule has 0 fully saturated rings. The van der Waals surface area contributed by atoms with Gasteiger partial charge in [0, 0.05) is 28.2 Å². The molecule has 0 saturated heterocycles. The van der Waals surface area contributed by atoms with Crippen molar-refractivity contribution in [1.29, 1.82) is 5.26 Å². The molecule has 11 heteroatoms. The molecule has 2 heterocycles. The van der Waals surface area contributed by atoms with E-state index in [2.05, 4.69) is 14.7 Å². The van der Waals surface area contributed by atoms with Crippen molar-refractivity contribution in [2.75, 3.05) is 5.32 Å². The van der Waals surface area contributed by atoms with E-state index in [1.54, 1.807) is 42.5 Å². The number of anilines is 1. The highest BCUT2D eigenvalue weighted by Crippen LogP contribution is 2.25. The Morgan fingerprint density at radius 2 is 1.97 bits per heavy atom. The van der Waals surface area contributed by atoms with Gasteiger partial charge in [0.25, 0.3) is 11.1 Å². The van der Waals surface area contributed by atoms with Gasteiger partial charge >= 0.3 is 0 Å². The van der Waals surface area contributed by atoms with E-state index in [-0.39, 0.29) is 15.9 Å². The summed E-state index contributed by atoms with van der Waals surface area (Å²) >= 11 is 6.59. The lowest BCUT2D eigenvalue weighted by atomic mass is 10.2. The van der Waals surface area contributed by atoms with Gasteiger partial charge in [-0.15, -0.1) is 0 Å². The van der Waals surface area contributed by atoms with Gasteiger partial charge in [0.05, 0.1) is 5.25 Å². The van der Waals surface area contributed by atoms with Crippen LogP contribution in [-0.4, -0.2) is 28.9 Å². The van der Waals surface area contributed by atoms with Gasteiger partial charge in [0.1, 0.15) is 23.2 Å². The fourth-order valence-corrected chi connectivity index (χ4v) is 4.06. The molecule has 1 amide bonds. The number of aromatic nitrogens is 2. The number of nitrogens with one attached hydrogen (secondary N) is 1. The number of sulfone groups is 1. The molecule has 0 unspecified atom stereocenters. The van der Waals surface area contributed by atoms with Gasteiger partial charge in [-0.3, -0.25) is 10.1 Å². The Labute approximate surface area is 181 Å². The maximum absolute atomic E-state index is 12.4. The Morgan fingerprint density at radius 3 is 2.60 bits per heavy atom. The van der Waals surface area contributed by atoms with Gasteiger partial charge in [-0.2, -0.15) is 14.6 Å². The standard InChI is InChI=1S/C19H15ClN4O4S2/c1-11(2)30(26,27)19-23-18(29-24-19)22-17(25)13(10-21)9-15-7-8-16(28-15)12-3-5-14(20)6-4-12/h3-9,11H,1-2H3,(H,22,23,24,25). The average molecular weight is 463 g/mol. The molecule has 0 aliphatic carbocycles. The Hall–Kier alpha value is -3.00. The summed E-state index contributed by atoms with van der Waals surface area (Å²) in [5.74, 6) is 0.0850. The summed E-state index contributed by atoms with van der Waals surface area (Å²) in [6, 6.07) is 12.1. The van der Waals surface area contributed by atoms with Crippen LogP contribution in [0.4, 0.5) is 5.13 Å². The Balaban J connectivity index is 1.77. The highest BCUT2D eigenvalue weighted by Gasteiger charge is 2.25. The van der Waals surface area contributed by atoms with Crippen molar-refractivity contribution >= 4 is 50.1 Å². The molecule has 0 radical (unpaired) electrons. The van der Waals surface area contributed by atoms with Gasteiger partial charge < -0.3 is 4.42 Å². The third-order valence-electron chi connectivity index (χ3n) is 3.91. The van der Waals surface area contributed by atoms with Crippen LogP contribution in [0.2, 0.25) is 5.02 Å². The lowest BCUT2D eigenvalue weighted by molar-refractivity contribution is -0.112. The van der Waals surface area contributed by atoms with Gasteiger partial charge in [-0.1, -0.05) is 11.6 Å². The number of carbonyl (C=O) groups is 1. The third kappa shape index (κ3) is 4.76. The van der Waals surface area contributed by atoms with Crippen LogP contribution < -0.4 is 5.32 Å². The van der Waals surface area contributed by atoms with Crippen molar-refractivity contribution in [3.05, 3.63) is 52.8 Å². The van der Waals surface area contributed by atoms with Gasteiger partial charge in [0.2, 0.25) is 15.0 Å². The minimum atomic E-state index is -3.66. The zero-order valence-electron chi connectivity index (χ0n) is 15.8. The molecule has 0 aliphatic heterocycles. The van der Waals surface area contributed by atoms with E-state index in [1.807, 2.05) is 0 Å². The van der Waals surface area contributed by atoms with E-state index in [1.165, 1.54) is 19.9 Å². The summed E-state index contributed by atoms with van der Waals surface area (Å²) in [5, 5.41) is 11.2. The fourth-order valence-electron chi connectivity index (χ4n) is 2.24. The van der Waals surface area contributed by atoms with Crippen molar-refractivity contribution < 1.29 is 17.6 Å². The number of rotatable bonds is 6. The maximum Gasteiger partial charge on any atom is 0.268 e. The Bertz CT molecular complexity index is 1250. The zero-order chi connectivity index (χ0) is 21.9. The molecule has 0 bridgehead atoms. The number of hydrogen-bond acceptors (Lipinski definition) is 8. The van der Waals surface area contributed by atoms with Crippen LogP contribution in [0.15, 0.2) is 51.5 Å². The summed E-state index contributed by atoms with van der Waals surface area (Å²) in [6.45, 7) is 3.01. The van der Waals surface area contributed by atoms with Gasteiger partial charge in [0.15, 0.2) is 0 Å². The molecule has 2 aromatic heterocycles. The quantitative estimate of drug-likeness (QED) is 0.430. The van der Waals surface area contributed by atoms with Crippen LogP contribution in [-0.2, 0) is 14.6 Å². The van der Waals surface area contributed by atoms with E-state index in [9.17, 15) is 18.5 Å². The average Bonchev–Trinajstić information content (AvgIpc) is 3.36. The van der Waals surface area contributed by atoms with E-state index in [0.717, 1.165) is 5.56 Å². The first-order valence-electron chi connectivity index (χ1n) is 8.57. The van der Waals surface area contributed by atoms with E-state index < -0.39 is 21.0 Å². The molecule has 0 aliphatic rings. The van der Waals surface area contributed by atoms with E-state index in [4.69, 9.17) is 16.0 Å². The number of furan rings is 1. The molecule has 0 spiro atoms. The minimum Gasteiger partial charge on any atom is -0.457 e. The van der Waals surface area contributed by atoms with Crippen molar-refractivity contribution in [3.8, 4) is 17.4 Å². The number of amides is 1. The molecule has 0 atom stereocenters. The Kier molecular flexibility index (Phi) is 6.36. The van der Waals surface area contributed by atoms with Crippen LogP contribution in [0.5, 0.6) is 0 Å². The van der Waals surface area contributed by atoms with Crippen molar-refractivity contribution in [2.24, 2.45) is 0 Å². The van der Waals surface area contributed by atoms with Crippen LogP contribution in [0, 0.1) is 11.3 Å². The lowest BCUT2D eigenvalue weighted by Crippen LogP contribution is -2.16. The fraction of sp³-hybridized carbons (Fsp3) is 0.158. The second kappa shape index (κ2) is 8.79. The molecule has 0 saturated carbocycles. The van der Waals surface area contributed by atoms with Gasteiger partial charge in [-0.25, -0.2) is 8.42 Å². The number of carbonyl (C=O) groups excluding carboxylic acids is 1. The maximum atomic E-state index is 12.4. The molecule has 3 rings (SSSR count). The van der Waals surface area contributed by atoms with Crippen molar-refractivity contribution in [1.82, 2.24) is 9.36 Å². The highest BCUT2D eigenvalue weighted by molar-refractivity contribution is 7.91. The molecular weight excluding hydrogens is 448 g/mol. The molecule has 8 nitrogen and oxygen atoms in total. The summed E-state index contributed by atoms with van der Waals surface area (Å²) in [6.07, 6.45) is 1.28. The number of nitriles is 1. The monoisotopic (exact) mass is 462 g/mol. The van der Waals surface area contributed by atoms with Gasteiger partial charge in [-0.05, 0) is 50.2 Å². The summed E-state index contributed by atoms with van der Waals surface area (Å²) < 4.78 is 33.6. The van der Waals surface area contributed by atoms with E-state index >= 15 is 0 Å². The van der Waals surface area contributed by atoms with Crippen LogP contribution in [0.3, 0.4) is 0 Å². The molecule has 1 N–H and O–H groups in total. The normalized spacial score (nSPS) is 12.0. The number of nitrogens with zero attached hydrogens (tertiary/aromatic N) is 3. The van der Waals surface area contributed by atoms with Crippen LogP contribution >= 0.6 is 23.1 Å². The summed E-state index contributed by atoms with van der Waals surface area (Å²) in [4.78, 5) is 16.2. The molecule has 30 heavy (non-hydrogen) atoms. The Morgan fingerprint density at radius 1 is 1.27 bits per heavy atom. The molecule has 1 aromatic carbocycles. The molecule has 3 aromatic rings. The largest absolute Gasteiger partial charge is 0.457 e. The zero-order valence-corrected chi connectivity index (χ0v) is 18.2. The smallest absolute Gasteiger partial charge is 0.268 e. The van der Waals surface area contributed by atoms with Crippen molar-refractivity contribution in [2.45, 2.75) is 24.3 Å². The number of halogens is 1. The summed E-state index contributed by atoms with van der Waals surface area (Å²) in [7, 11) is -3.66. The van der Waals surface area contributed by atoms with Crippen LogP contribution in [0.1, 0.15) is 19.6 Å². The predicted molar refractivity (Wildman–Crippen MR) is 114 cm³/mol. The second-order valence-corrected chi connectivity index (χ2v) is 9.89. The second-order valence-electron chi connectivity index (χ2n) is 6.31. The van der Waals surface area contributed by atoms with Crippen LogP contribution in [0.25, 0.3) is 17.4 Å². The molecule has 154 valence electrons. The first-order chi connectivity index (χ1) is 14.2. The predicted octanol–water partition coefficient (Wildman–Crippen LogP) is 4.18. The summed E-state index contributed by atoms with van der Waals surface area (Å²) in [5.41, 5.74) is 0.547. The number of hydrogen-bond donors (Lipinski definition) is 1. The topological polar surface area (TPSA) is 126 Å². The first-order valence-corrected chi connectivity index (χ1v) is 11.3. The SMILES string of the molecule is CC(C)S(=O)(=O)c1nsc(NC(=O)C(C#N)=Cc2ccc(-c3ccc(Cl)cc3)o2)n1. The minimum absolute atomic E-state index is 0.0262. The number of benzene rings is 1. The van der Waals surface area contributed by atoms with Crippen molar-refractivity contribution in [3.63, 3.8) is 0 Å². The lowest BCUT2D eigenvalue weighted by Gasteiger charge is -2.02. The van der Waals surface area contributed by atoms with E-state index in [0.29, 0.717) is 28.1 Å². The molecular formula is C19H15ClN4O4S2. The highest BCUT2D eigenvalue weighted by atomic mass is 35.5.